The van der Waals surface area contributed by atoms with Gasteiger partial charge in [-0.25, -0.2) is 9.98 Å². The molecule has 1 N–H and O–H groups in total. The van der Waals surface area contributed by atoms with Crippen LogP contribution < -0.4 is 5.32 Å². The molecule has 0 aliphatic carbocycles. The zero-order valence-electron chi connectivity index (χ0n) is 11.6. The summed E-state index contributed by atoms with van der Waals surface area (Å²) in [4.78, 5) is 19.6. The van der Waals surface area contributed by atoms with E-state index in [0.717, 1.165) is 0 Å². The molecule has 0 saturated carbocycles. The molecule has 1 aromatic rings. The summed E-state index contributed by atoms with van der Waals surface area (Å²) >= 11 is 5.98. The van der Waals surface area contributed by atoms with E-state index in [1.807, 2.05) is 20.8 Å². The maximum absolute atomic E-state index is 11.6. The number of rotatable bonds is 4. The molecule has 0 bridgehead atoms. The Hall–Kier alpha value is -1.62. The Balaban J connectivity index is 2.75. The number of pyridine rings is 1. The van der Waals surface area contributed by atoms with Crippen molar-refractivity contribution in [2.45, 2.75) is 33.3 Å². The molecule has 104 valence electrons. The summed E-state index contributed by atoms with van der Waals surface area (Å²) in [5, 5.41) is 3.40. The van der Waals surface area contributed by atoms with Gasteiger partial charge in [-0.3, -0.25) is 4.79 Å². The first-order valence-electron chi connectivity index (χ1n) is 5.82. The van der Waals surface area contributed by atoms with E-state index in [0.29, 0.717) is 22.2 Å². The topological polar surface area (TPSA) is 63.6 Å². The zero-order valence-corrected chi connectivity index (χ0v) is 12.3. The van der Waals surface area contributed by atoms with Crippen molar-refractivity contribution in [1.82, 2.24) is 4.98 Å². The average Bonchev–Trinajstić information content (AvgIpc) is 2.28. The maximum Gasteiger partial charge on any atom is 0.325 e. The van der Waals surface area contributed by atoms with E-state index in [2.05, 4.69) is 22.0 Å². The van der Waals surface area contributed by atoms with Crippen LogP contribution in [0.4, 0.5) is 11.5 Å². The van der Waals surface area contributed by atoms with Gasteiger partial charge in [0.1, 0.15) is 12.1 Å². The monoisotopic (exact) mass is 283 g/mol. The SMILES string of the molecule is C=Nc1nc(C)c(Cl)cc1NCC(=O)OC(C)(C)C. The van der Waals surface area contributed by atoms with Crippen molar-refractivity contribution in [1.29, 1.82) is 0 Å². The average molecular weight is 284 g/mol. The summed E-state index contributed by atoms with van der Waals surface area (Å²) in [7, 11) is 0. The summed E-state index contributed by atoms with van der Waals surface area (Å²) in [6.45, 7) is 10.7. The molecule has 0 saturated heterocycles. The fourth-order valence-corrected chi connectivity index (χ4v) is 1.52. The largest absolute Gasteiger partial charge is 0.459 e. The molecular weight excluding hydrogens is 266 g/mol. The number of ether oxygens (including phenoxy) is 1. The number of nitrogens with zero attached hydrogens (tertiary/aromatic N) is 2. The molecule has 0 aliphatic rings. The molecule has 0 amide bonds. The third-order valence-corrected chi connectivity index (χ3v) is 2.51. The van der Waals surface area contributed by atoms with Crippen molar-refractivity contribution in [2.24, 2.45) is 4.99 Å². The van der Waals surface area contributed by atoms with Gasteiger partial charge >= 0.3 is 5.97 Å². The number of aryl methyl sites for hydroxylation is 1. The van der Waals surface area contributed by atoms with Crippen molar-refractivity contribution in [2.75, 3.05) is 11.9 Å². The molecule has 1 heterocycles. The first kappa shape index (κ1) is 15.4. The van der Waals surface area contributed by atoms with Gasteiger partial charge in [-0.2, -0.15) is 0 Å². The molecule has 0 spiro atoms. The number of esters is 1. The lowest BCUT2D eigenvalue weighted by Crippen LogP contribution is -2.28. The van der Waals surface area contributed by atoms with Gasteiger partial charge in [0.15, 0.2) is 5.82 Å². The smallest absolute Gasteiger partial charge is 0.325 e. The molecule has 0 fully saturated rings. The second-order valence-corrected chi connectivity index (χ2v) is 5.43. The zero-order chi connectivity index (χ0) is 14.6. The van der Waals surface area contributed by atoms with Crippen LogP contribution in [0, 0.1) is 6.92 Å². The number of hydrogen-bond acceptors (Lipinski definition) is 5. The van der Waals surface area contributed by atoms with Crippen molar-refractivity contribution >= 4 is 35.8 Å². The van der Waals surface area contributed by atoms with E-state index >= 15 is 0 Å². The van der Waals surface area contributed by atoms with Crippen LogP contribution in [-0.4, -0.2) is 29.8 Å². The van der Waals surface area contributed by atoms with Gasteiger partial charge in [0.05, 0.1) is 16.4 Å². The van der Waals surface area contributed by atoms with Crippen molar-refractivity contribution in [3.8, 4) is 0 Å². The van der Waals surface area contributed by atoms with Crippen molar-refractivity contribution in [3.63, 3.8) is 0 Å². The highest BCUT2D eigenvalue weighted by Crippen LogP contribution is 2.27. The maximum atomic E-state index is 11.6. The van der Waals surface area contributed by atoms with E-state index in [1.165, 1.54) is 0 Å². The highest BCUT2D eigenvalue weighted by Gasteiger charge is 2.16. The number of hydrogen-bond donors (Lipinski definition) is 1. The Bertz CT molecular complexity index is 495. The normalized spacial score (nSPS) is 11.0. The lowest BCUT2D eigenvalue weighted by atomic mass is 10.2. The molecule has 0 unspecified atom stereocenters. The molecule has 1 rings (SSSR count). The summed E-state index contributed by atoms with van der Waals surface area (Å²) in [6.07, 6.45) is 0. The number of halogens is 1. The van der Waals surface area contributed by atoms with Crippen molar-refractivity contribution in [3.05, 3.63) is 16.8 Å². The van der Waals surface area contributed by atoms with Gasteiger partial charge in [-0.1, -0.05) is 11.6 Å². The van der Waals surface area contributed by atoms with E-state index < -0.39 is 5.60 Å². The van der Waals surface area contributed by atoms with Gasteiger partial charge in [-0.15, -0.1) is 0 Å². The number of nitrogens with one attached hydrogen (secondary N) is 1. The van der Waals surface area contributed by atoms with E-state index in [1.54, 1.807) is 13.0 Å². The highest BCUT2D eigenvalue weighted by atomic mass is 35.5. The van der Waals surface area contributed by atoms with E-state index in [-0.39, 0.29) is 12.5 Å². The third-order valence-electron chi connectivity index (χ3n) is 2.12. The van der Waals surface area contributed by atoms with Crippen LogP contribution in [0.2, 0.25) is 5.02 Å². The minimum Gasteiger partial charge on any atom is -0.459 e. The van der Waals surface area contributed by atoms with Gasteiger partial charge in [-0.05, 0) is 40.5 Å². The summed E-state index contributed by atoms with van der Waals surface area (Å²) < 4.78 is 5.19. The second-order valence-electron chi connectivity index (χ2n) is 5.02. The van der Waals surface area contributed by atoms with Gasteiger partial charge in [0.25, 0.3) is 0 Å². The Morgan fingerprint density at radius 1 is 1.58 bits per heavy atom. The van der Waals surface area contributed by atoms with Crippen LogP contribution in [-0.2, 0) is 9.53 Å². The number of carbonyl (C=O) groups excluding carboxylic acids is 1. The van der Waals surface area contributed by atoms with E-state index in [4.69, 9.17) is 16.3 Å². The van der Waals surface area contributed by atoms with Gasteiger partial charge < -0.3 is 10.1 Å². The number of aromatic nitrogens is 1. The van der Waals surface area contributed by atoms with Crippen molar-refractivity contribution < 1.29 is 9.53 Å². The quantitative estimate of drug-likeness (QED) is 0.681. The summed E-state index contributed by atoms with van der Waals surface area (Å²) in [6, 6.07) is 1.66. The number of aliphatic imine (C=N–C) groups is 1. The molecule has 0 radical (unpaired) electrons. The summed E-state index contributed by atoms with van der Waals surface area (Å²) in [5.74, 6) is 0.0460. The van der Waals surface area contributed by atoms with Crippen LogP contribution in [0.5, 0.6) is 0 Å². The number of carbonyl (C=O) groups is 1. The molecule has 0 aromatic carbocycles. The van der Waals surface area contributed by atoms with Gasteiger partial charge in [0, 0.05) is 0 Å². The molecule has 6 heteroatoms. The fraction of sp³-hybridized carbons (Fsp3) is 0.462. The first-order valence-corrected chi connectivity index (χ1v) is 6.20. The third kappa shape index (κ3) is 4.87. The number of anilines is 1. The minimum atomic E-state index is -0.512. The standard InChI is InChI=1S/C13H18ClN3O2/c1-8-9(14)6-10(12(15-5)17-8)16-7-11(18)19-13(2,3)4/h6,16H,5,7H2,1-4H3. The lowest BCUT2D eigenvalue weighted by Gasteiger charge is -2.20. The molecular formula is C13H18ClN3O2. The Morgan fingerprint density at radius 3 is 2.74 bits per heavy atom. The van der Waals surface area contributed by atoms with Gasteiger partial charge in [0.2, 0.25) is 0 Å². The first-order chi connectivity index (χ1) is 8.73. The molecule has 0 aliphatic heterocycles. The molecule has 1 aromatic heterocycles. The predicted octanol–water partition coefficient (Wildman–Crippen LogP) is 3.13. The lowest BCUT2D eigenvalue weighted by molar-refractivity contribution is -0.152. The molecule has 5 nitrogen and oxygen atoms in total. The Labute approximate surface area is 118 Å². The van der Waals surface area contributed by atoms with E-state index in [9.17, 15) is 4.79 Å². The van der Waals surface area contributed by atoms with Crippen LogP contribution in [0.1, 0.15) is 26.5 Å². The Morgan fingerprint density at radius 2 is 2.21 bits per heavy atom. The molecule has 19 heavy (non-hydrogen) atoms. The summed E-state index contributed by atoms with van der Waals surface area (Å²) in [5.41, 5.74) is 0.699. The Kier molecular flexibility index (Phi) is 4.89. The predicted molar refractivity (Wildman–Crippen MR) is 77.5 cm³/mol. The van der Waals surface area contributed by atoms with Crippen LogP contribution in [0.3, 0.4) is 0 Å². The molecule has 0 atom stereocenters. The second kappa shape index (κ2) is 6.02. The highest BCUT2D eigenvalue weighted by molar-refractivity contribution is 6.31. The fourth-order valence-electron chi connectivity index (χ4n) is 1.36. The van der Waals surface area contributed by atoms with Crippen LogP contribution in [0.25, 0.3) is 0 Å². The van der Waals surface area contributed by atoms with Crippen LogP contribution >= 0.6 is 11.6 Å². The van der Waals surface area contributed by atoms with Crippen LogP contribution in [0.15, 0.2) is 11.1 Å². The minimum absolute atomic E-state index is 0.0147.